The Kier molecular flexibility index (Phi) is 5.78. The van der Waals surface area contributed by atoms with E-state index in [1.165, 1.54) is 0 Å². The zero-order chi connectivity index (χ0) is 17.8. The maximum absolute atomic E-state index is 10.2. The van der Waals surface area contributed by atoms with E-state index in [0.29, 0.717) is 11.1 Å². The lowest BCUT2D eigenvalue weighted by atomic mass is 9.88. The highest BCUT2D eigenvalue weighted by Gasteiger charge is 2.43. The van der Waals surface area contributed by atoms with Gasteiger partial charge in [-0.25, -0.2) is 0 Å². The molecule has 0 aliphatic heterocycles. The molecule has 128 valence electrons. The highest BCUT2D eigenvalue weighted by atomic mass is 16.7. The lowest BCUT2D eigenvalue weighted by molar-refractivity contribution is -0.206. The van der Waals surface area contributed by atoms with E-state index in [1.807, 2.05) is 36.4 Å². The monoisotopic (exact) mass is 328 g/mol. The summed E-state index contributed by atoms with van der Waals surface area (Å²) < 4.78 is 11.5. The van der Waals surface area contributed by atoms with Crippen LogP contribution in [0.25, 0.3) is 0 Å². The molecule has 0 saturated carbocycles. The van der Waals surface area contributed by atoms with E-state index in [-0.39, 0.29) is 12.6 Å². The van der Waals surface area contributed by atoms with Gasteiger partial charge in [-0.05, 0) is 27.7 Å². The third-order valence-electron chi connectivity index (χ3n) is 4.20. The molecule has 2 aromatic carbocycles. The van der Waals surface area contributed by atoms with Crippen LogP contribution in [0.4, 0.5) is 0 Å². The fourth-order valence-electron chi connectivity index (χ4n) is 2.01. The van der Waals surface area contributed by atoms with Crippen molar-refractivity contribution in [3.8, 4) is 0 Å². The smallest absolute Gasteiger partial charge is 0.253 e. The van der Waals surface area contributed by atoms with Crippen molar-refractivity contribution in [1.29, 1.82) is 0 Å². The molecule has 0 unspecified atom stereocenters. The van der Waals surface area contributed by atoms with Crippen LogP contribution in [0.15, 0.2) is 60.7 Å². The SMILES string of the molecule is CC(C)(O[C](O)c1ccccc1)C(C)(C)O[C](O)c1ccccc1. The summed E-state index contributed by atoms with van der Waals surface area (Å²) in [5.74, 6) is 0. The largest absolute Gasteiger partial charge is 0.357 e. The van der Waals surface area contributed by atoms with Crippen molar-refractivity contribution in [2.75, 3.05) is 0 Å². The third kappa shape index (κ3) is 4.42. The van der Waals surface area contributed by atoms with Gasteiger partial charge >= 0.3 is 0 Å². The van der Waals surface area contributed by atoms with Crippen LogP contribution in [-0.2, 0) is 9.47 Å². The predicted octanol–water partition coefficient (Wildman–Crippen LogP) is 4.40. The summed E-state index contributed by atoms with van der Waals surface area (Å²) in [6.45, 7) is 7.18. The number of hydrogen-bond acceptors (Lipinski definition) is 4. The topological polar surface area (TPSA) is 58.9 Å². The summed E-state index contributed by atoms with van der Waals surface area (Å²) in [4.78, 5) is 0. The summed E-state index contributed by atoms with van der Waals surface area (Å²) >= 11 is 0. The van der Waals surface area contributed by atoms with E-state index in [4.69, 9.17) is 9.47 Å². The van der Waals surface area contributed by atoms with Crippen LogP contribution < -0.4 is 0 Å². The number of benzene rings is 2. The van der Waals surface area contributed by atoms with Crippen LogP contribution in [0.3, 0.4) is 0 Å². The molecule has 24 heavy (non-hydrogen) atoms. The Labute approximate surface area is 143 Å². The molecule has 4 heteroatoms. The van der Waals surface area contributed by atoms with E-state index in [1.54, 1.807) is 52.0 Å². The van der Waals surface area contributed by atoms with Crippen molar-refractivity contribution in [1.82, 2.24) is 0 Å². The number of aliphatic hydroxyl groups excluding tert-OH is 2. The van der Waals surface area contributed by atoms with Gasteiger partial charge < -0.3 is 19.7 Å². The first-order valence-electron chi connectivity index (χ1n) is 7.84. The van der Waals surface area contributed by atoms with Gasteiger partial charge in [0.15, 0.2) is 0 Å². The van der Waals surface area contributed by atoms with E-state index >= 15 is 0 Å². The molecule has 0 spiro atoms. The molecule has 4 nitrogen and oxygen atoms in total. The highest BCUT2D eigenvalue weighted by molar-refractivity contribution is 5.25. The van der Waals surface area contributed by atoms with Gasteiger partial charge in [-0.1, -0.05) is 60.7 Å². The first kappa shape index (κ1) is 18.6. The Morgan fingerprint density at radius 2 is 0.917 bits per heavy atom. The van der Waals surface area contributed by atoms with Crippen LogP contribution in [0.5, 0.6) is 0 Å². The summed E-state index contributed by atoms with van der Waals surface area (Å²) in [6.07, 6.45) is -0.368. The van der Waals surface area contributed by atoms with Gasteiger partial charge in [0, 0.05) is 11.1 Å². The molecule has 0 aliphatic rings. The van der Waals surface area contributed by atoms with E-state index in [9.17, 15) is 10.2 Å². The number of ether oxygens (including phenoxy) is 2. The van der Waals surface area contributed by atoms with Gasteiger partial charge in [-0.3, -0.25) is 0 Å². The molecule has 0 fully saturated rings. The van der Waals surface area contributed by atoms with Crippen molar-refractivity contribution >= 4 is 0 Å². The Morgan fingerprint density at radius 1 is 0.625 bits per heavy atom. The second kappa shape index (κ2) is 7.45. The van der Waals surface area contributed by atoms with E-state index in [0.717, 1.165) is 0 Å². The van der Waals surface area contributed by atoms with Crippen molar-refractivity contribution in [3.63, 3.8) is 0 Å². The normalized spacial score (nSPS) is 12.8. The summed E-state index contributed by atoms with van der Waals surface area (Å²) in [5.41, 5.74) is -0.652. The van der Waals surface area contributed by atoms with Gasteiger partial charge in [-0.2, -0.15) is 0 Å². The maximum Gasteiger partial charge on any atom is 0.253 e. The maximum atomic E-state index is 10.2. The molecule has 0 atom stereocenters. The highest BCUT2D eigenvalue weighted by Crippen LogP contribution is 2.35. The van der Waals surface area contributed by atoms with Gasteiger partial charge in [0.1, 0.15) is 0 Å². The van der Waals surface area contributed by atoms with Crippen molar-refractivity contribution in [2.45, 2.75) is 38.9 Å². The van der Waals surface area contributed by atoms with E-state index in [2.05, 4.69) is 0 Å². The summed E-state index contributed by atoms with van der Waals surface area (Å²) in [7, 11) is 0. The predicted molar refractivity (Wildman–Crippen MR) is 91.8 cm³/mol. The molecule has 2 radical (unpaired) electrons. The Bertz CT molecular complexity index is 565. The lowest BCUT2D eigenvalue weighted by Crippen LogP contribution is -2.50. The number of aliphatic hydroxyl groups is 2. The quantitative estimate of drug-likeness (QED) is 0.791. The van der Waals surface area contributed by atoms with E-state index < -0.39 is 11.2 Å². The average Bonchev–Trinajstić information content (AvgIpc) is 2.55. The standard InChI is InChI=1S/C20H24O4/c1-19(2,23-17(21)15-11-7-5-8-12-15)20(3,4)24-18(22)16-13-9-6-10-14-16/h5-14,21-22H,1-4H3. The molecular weight excluding hydrogens is 304 g/mol. The molecule has 2 N–H and O–H groups in total. The molecule has 0 bridgehead atoms. The van der Waals surface area contributed by atoms with Crippen LogP contribution in [0, 0.1) is 12.6 Å². The summed E-state index contributed by atoms with van der Waals surface area (Å²) in [5, 5.41) is 20.5. The summed E-state index contributed by atoms with van der Waals surface area (Å²) in [6, 6.07) is 18.0. The lowest BCUT2D eigenvalue weighted by Gasteiger charge is -2.42. The zero-order valence-electron chi connectivity index (χ0n) is 14.5. The third-order valence-corrected chi connectivity index (χ3v) is 4.20. The minimum Gasteiger partial charge on any atom is -0.357 e. The average molecular weight is 328 g/mol. The minimum absolute atomic E-state index is 0.184. The second-order valence-electron chi connectivity index (χ2n) is 6.57. The van der Waals surface area contributed by atoms with Crippen molar-refractivity contribution < 1.29 is 19.7 Å². The molecule has 2 rings (SSSR count). The molecule has 0 amide bonds. The van der Waals surface area contributed by atoms with Crippen LogP contribution >= 0.6 is 0 Å². The Morgan fingerprint density at radius 3 is 1.21 bits per heavy atom. The van der Waals surface area contributed by atoms with Crippen LogP contribution in [-0.4, -0.2) is 21.4 Å². The van der Waals surface area contributed by atoms with Crippen molar-refractivity contribution in [2.24, 2.45) is 0 Å². The first-order valence-corrected chi connectivity index (χ1v) is 7.84. The molecule has 0 aromatic heterocycles. The fourth-order valence-corrected chi connectivity index (χ4v) is 2.01. The van der Waals surface area contributed by atoms with Crippen LogP contribution in [0.1, 0.15) is 38.8 Å². The van der Waals surface area contributed by atoms with Crippen LogP contribution in [0.2, 0.25) is 0 Å². The minimum atomic E-state index is -0.907. The van der Waals surface area contributed by atoms with Gasteiger partial charge in [-0.15, -0.1) is 0 Å². The molecular formula is C20H24O4. The molecule has 2 aromatic rings. The molecule has 0 saturated heterocycles. The molecule has 0 heterocycles. The Balaban J connectivity index is 2.08. The Hall–Kier alpha value is -1.72. The first-order chi connectivity index (χ1) is 11.2. The zero-order valence-corrected chi connectivity index (χ0v) is 14.5. The fraction of sp³-hybridized carbons (Fsp3) is 0.300. The van der Waals surface area contributed by atoms with Crippen molar-refractivity contribution in [3.05, 3.63) is 84.4 Å². The van der Waals surface area contributed by atoms with Gasteiger partial charge in [0.05, 0.1) is 11.2 Å². The van der Waals surface area contributed by atoms with Gasteiger partial charge in [0.2, 0.25) is 0 Å². The van der Waals surface area contributed by atoms with Gasteiger partial charge in [0.25, 0.3) is 12.6 Å². The number of rotatable bonds is 7. The number of hydrogen-bond donors (Lipinski definition) is 2. The second-order valence-corrected chi connectivity index (χ2v) is 6.57. The molecule has 0 aliphatic carbocycles.